The van der Waals surface area contributed by atoms with Crippen LogP contribution in [0, 0.1) is 6.92 Å². The van der Waals surface area contributed by atoms with Crippen LogP contribution in [-0.4, -0.2) is 36.2 Å². The summed E-state index contributed by atoms with van der Waals surface area (Å²) < 4.78 is 9.72. The fourth-order valence-corrected chi connectivity index (χ4v) is 3.73. The highest BCUT2D eigenvalue weighted by Crippen LogP contribution is 2.19. The van der Waals surface area contributed by atoms with Crippen LogP contribution in [-0.2, 0) is 17.6 Å². The van der Waals surface area contributed by atoms with Crippen molar-refractivity contribution in [1.29, 1.82) is 0 Å². The first kappa shape index (κ1) is 17.7. The fraction of sp³-hybridized carbons (Fsp3) is 0.235. The van der Waals surface area contributed by atoms with Crippen LogP contribution in [0.4, 0.5) is 5.00 Å². The average molecular weight is 400 g/mol. The van der Waals surface area contributed by atoms with Gasteiger partial charge >= 0.3 is 0 Å². The highest BCUT2D eigenvalue weighted by atomic mass is 32.2. The van der Waals surface area contributed by atoms with Crippen LogP contribution >= 0.6 is 23.3 Å². The molecule has 0 saturated carbocycles. The highest BCUT2D eigenvalue weighted by Gasteiger charge is 2.12. The van der Waals surface area contributed by atoms with E-state index in [0.29, 0.717) is 24.0 Å². The molecule has 0 aliphatic heterocycles. The summed E-state index contributed by atoms with van der Waals surface area (Å²) in [7, 11) is 0. The predicted molar refractivity (Wildman–Crippen MR) is 104 cm³/mol. The third-order valence-electron chi connectivity index (χ3n) is 3.68. The molecule has 4 rings (SSSR count). The molecule has 27 heavy (non-hydrogen) atoms. The zero-order valence-electron chi connectivity index (χ0n) is 14.4. The Hall–Kier alpha value is -2.72. The lowest BCUT2D eigenvalue weighted by atomic mass is 10.3. The number of carbonyl (C=O) groups excluding carboxylic acids is 1. The molecule has 3 aromatic heterocycles. The number of aromatic amines is 1. The van der Waals surface area contributed by atoms with E-state index < -0.39 is 0 Å². The van der Waals surface area contributed by atoms with Gasteiger partial charge in [0.2, 0.25) is 11.8 Å². The van der Waals surface area contributed by atoms with E-state index in [4.69, 9.17) is 4.42 Å². The first-order chi connectivity index (χ1) is 13.2. The minimum absolute atomic E-state index is 0.134. The van der Waals surface area contributed by atoms with E-state index in [1.165, 1.54) is 23.3 Å². The van der Waals surface area contributed by atoms with Crippen LogP contribution in [0.2, 0.25) is 0 Å². The molecule has 0 aliphatic rings. The van der Waals surface area contributed by atoms with Gasteiger partial charge in [-0.1, -0.05) is 23.9 Å². The summed E-state index contributed by atoms with van der Waals surface area (Å²) in [4.78, 5) is 19.7. The molecule has 0 radical (unpaired) electrons. The van der Waals surface area contributed by atoms with Crippen molar-refractivity contribution in [3.05, 3.63) is 47.7 Å². The Labute approximate surface area is 163 Å². The van der Waals surface area contributed by atoms with Gasteiger partial charge in [0, 0.05) is 12.8 Å². The van der Waals surface area contributed by atoms with Gasteiger partial charge in [0.05, 0.1) is 22.5 Å². The highest BCUT2D eigenvalue weighted by molar-refractivity contribution is 7.99. The van der Waals surface area contributed by atoms with Crippen LogP contribution in [0.3, 0.4) is 0 Å². The molecule has 2 N–H and O–H groups in total. The minimum Gasteiger partial charge on any atom is -0.416 e. The van der Waals surface area contributed by atoms with E-state index >= 15 is 0 Å². The first-order valence-corrected chi connectivity index (χ1v) is 10.0. The predicted octanol–water partition coefficient (Wildman–Crippen LogP) is 3.23. The molecule has 0 saturated heterocycles. The Bertz CT molecular complexity index is 1040. The van der Waals surface area contributed by atoms with Gasteiger partial charge in [-0.05, 0) is 36.7 Å². The number of imidazole rings is 1. The van der Waals surface area contributed by atoms with Crippen LogP contribution in [0.5, 0.6) is 0 Å². The molecule has 1 amide bonds. The van der Waals surface area contributed by atoms with Crippen molar-refractivity contribution in [2.75, 3.05) is 11.1 Å². The number of aromatic nitrogens is 5. The number of aryl methyl sites for hydroxylation is 3. The number of hydrogen-bond acceptors (Lipinski definition) is 8. The molecule has 1 aromatic carbocycles. The van der Waals surface area contributed by atoms with E-state index in [0.717, 1.165) is 27.6 Å². The summed E-state index contributed by atoms with van der Waals surface area (Å²) in [5, 5.41) is 11.9. The molecule has 4 aromatic rings. The molecule has 0 bridgehead atoms. The number of rotatable bonds is 7. The minimum atomic E-state index is -0.134. The molecule has 0 spiro atoms. The normalized spacial score (nSPS) is 11.1. The van der Waals surface area contributed by atoms with E-state index in [1.54, 1.807) is 0 Å². The number of H-pyrrole nitrogens is 1. The Balaban J connectivity index is 1.27. The number of carbonyl (C=O) groups is 1. The zero-order valence-corrected chi connectivity index (χ0v) is 16.1. The summed E-state index contributed by atoms with van der Waals surface area (Å²) in [6.07, 6.45) is 1.26. The number of hydrogen-bond donors (Lipinski definition) is 2. The molecule has 0 unspecified atom stereocenters. The van der Waals surface area contributed by atoms with Crippen molar-refractivity contribution < 1.29 is 9.21 Å². The van der Waals surface area contributed by atoms with Crippen molar-refractivity contribution in [3.8, 4) is 0 Å². The molecule has 3 heterocycles. The number of amides is 1. The van der Waals surface area contributed by atoms with Crippen LogP contribution in [0.25, 0.3) is 11.0 Å². The topological polar surface area (TPSA) is 110 Å². The quantitative estimate of drug-likeness (QED) is 0.458. The molecule has 0 atom stereocenters. The monoisotopic (exact) mass is 400 g/mol. The number of fused-ring (bicyclic) bond motifs is 1. The molecular weight excluding hydrogens is 384 g/mol. The number of benzene rings is 1. The second-order valence-electron chi connectivity index (χ2n) is 5.83. The van der Waals surface area contributed by atoms with Crippen molar-refractivity contribution in [1.82, 2.24) is 24.5 Å². The van der Waals surface area contributed by atoms with E-state index in [2.05, 4.69) is 29.9 Å². The first-order valence-electron chi connectivity index (χ1n) is 8.28. The van der Waals surface area contributed by atoms with Crippen molar-refractivity contribution >= 4 is 45.2 Å². The molecule has 0 aliphatic carbocycles. The van der Waals surface area contributed by atoms with Crippen molar-refractivity contribution in [2.45, 2.75) is 25.0 Å². The van der Waals surface area contributed by atoms with E-state index in [-0.39, 0.29) is 11.7 Å². The van der Waals surface area contributed by atoms with E-state index in [9.17, 15) is 4.79 Å². The Morgan fingerprint density at radius 3 is 3.00 bits per heavy atom. The van der Waals surface area contributed by atoms with Gasteiger partial charge in [0.15, 0.2) is 0 Å². The Morgan fingerprint density at radius 2 is 2.19 bits per heavy atom. The Kier molecular flexibility index (Phi) is 5.16. The summed E-state index contributed by atoms with van der Waals surface area (Å²) in [5.41, 5.74) is 2.83. The van der Waals surface area contributed by atoms with Crippen LogP contribution in [0.15, 0.2) is 40.0 Å². The fourth-order valence-electron chi connectivity index (χ4n) is 2.47. The lowest BCUT2D eigenvalue weighted by Gasteiger charge is -1.99. The lowest BCUT2D eigenvalue weighted by molar-refractivity contribution is -0.113. The molecule has 0 fully saturated rings. The van der Waals surface area contributed by atoms with Gasteiger partial charge in [0.25, 0.3) is 5.22 Å². The van der Waals surface area contributed by atoms with Gasteiger partial charge in [-0.15, -0.1) is 10.2 Å². The number of anilines is 1. The largest absolute Gasteiger partial charge is 0.416 e. The molecular formula is C17H16N6O2S2. The SMILES string of the molecule is Cc1cc(NC(=O)CSc2nnc(CCc3nc4ccccc4[nH]3)o2)sn1. The zero-order chi connectivity index (χ0) is 18.6. The molecule has 10 heteroatoms. The van der Waals surface area contributed by atoms with Crippen molar-refractivity contribution in [2.24, 2.45) is 0 Å². The number of thioether (sulfide) groups is 1. The van der Waals surface area contributed by atoms with Gasteiger partial charge in [0.1, 0.15) is 10.8 Å². The third kappa shape index (κ3) is 4.52. The number of nitrogens with one attached hydrogen (secondary N) is 2. The Morgan fingerprint density at radius 1 is 1.30 bits per heavy atom. The maximum atomic E-state index is 11.9. The second kappa shape index (κ2) is 7.89. The van der Waals surface area contributed by atoms with Crippen molar-refractivity contribution in [3.63, 3.8) is 0 Å². The van der Waals surface area contributed by atoms with E-state index in [1.807, 2.05) is 37.3 Å². The summed E-state index contributed by atoms with van der Waals surface area (Å²) in [6, 6.07) is 9.72. The third-order valence-corrected chi connectivity index (χ3v) is 5.29. The van der Waals surface area contributed by atoms with Gasteiger partial charge in [-0.2, -0.15) is 4.37 Å². The smallest absolute Gasteiger partial charge is 0.277 e. The maximum Gasteiger partial charge on any atom is 0.277 e. The number of nitrogens with zero attached hydrogens (tertiary/aromatic N) is 4. The molecule has 138 valence electrons. The van der Waals surface area contributed by atoms with Gasteiger partial charge in [-0.25, -0.2) is 4.98 Å². The summed E-state index contributed by atoms with van der Waals surface area (Å²) >= 11 is 2.47. The molecule has 8 nitrogen and oxygen atoms in total. The summed E-state index contributed by atoms with van der Waals surface area (Å²) in [6.45, 7) is 1.88. The van der Waals surface area contributed by atoms with Gasteiger partial charge < -0.3 is 14.7 Å². The maximum absolute atomic E-state index is 11.9. The number of para-hydroxylation sites is 2. The van der Waals surface area contributed by atoms with Crippen LogP contribution < -0.4 is 5.32 Å². The average Bonchev–Trinajstić information content (AvgIpc) is 3.37. The lowest BCUT2D eigenvalue weighted by Crippen LogP contribution is -2.12. The summed E-state index contributed by atoms with van der Waals surface area (Å²) in [5.74, 6) is 1.47. The van der Waals surface area contributed by atoms with Crippen LogP contribution in [0.1, 0.15) is 17.4 Å². The second-order valence-corrected chi connectivity index (χ2v) is 7.56. The van der Waals surface area contributed by atoms with Gasteiger partial charge in [-0.3, -0.25) is 4.79 Å². The standard InChI is InChI=1S/C17H16N6O2S2/c1-10-8-16(27-23-10)20-14(24)9-26-17-22-21-15(25-17)7-6-13-18-11-4-2-3-5-12(11)19-13/h2-5,8H,6-7,9H2,1H3,(H,18,19)(H,20,24).